The van der Waals surface area contributed by atoms with Gasteiger partial charge in [0.1, 0.15) is 0 Å². The summed E-state index contributed by atoms with van der Waals surface area (Å²) in [5, 5.41) is 0. The molecule has 1 heterocycles. The van der Waals surface area contributed by atoms with E-state index in [-0.39, 0.29) is 17.9 Å². The van der Waals surface area contributed by atoms with Crippen molar-refractivity contribution in [2.45, 2.75) is 31.8 Å². The molecule has 1 aliphatic rings. The molecule has 0 saturated carbocycles. The van der Waals surface area contributed by atoms with Crippen LogP contribution >= 0.6 is 0 Å². The van der Waals surface area contributed by atoms with E-state index in [0.29, 0.717) is 12.1 Å². The van der Waals surface area contributed by atoms with Crippen molar-refractivity contribution in [2.75, 3.05) is 34.3 Å². The van der Waals surface area contributed by atoms with E-state index in [1.807, 2.05) is 19.2 Å². The van der Waals surface area contributed by atoms with Gasteiger partial charge in [0.2, 0.25) is 5.91 Å². The average molecular weight is 344 g/mol. The fourth-order valence-electron chi connectivity index (χ4n) is 2.77. The van der Waals surface area contributed by atoms with E-state index in [1.165, 1.54) is 6.42 Å². The van der Waals surface area contributed by atoms with E-state index in [1.54, 1.807) is 48.2 Å². The molecule has 2 rings (SSSR count). The molecule has 0 spiro atoms. The highest BCUT2D eigenvalue weighted by Gasteiger charge is 2.15. The highest BCUT2D eigenvalue weighted by molar-refractivity contribution is 5.94. The quantitative estimate of drug-likeness (QED) is 0.746. The van der Waals surface area contributed by atoms with Crippen LogP contribution in [0, 0.1) is 0 Å². The van der Waals surface area contributed by atoms with E-state index in [9.17, 15) is 9.59 Å². The zero-order chi connectivity index (χ0) is 18.2. The Kier molecular flexibility index (Phi) is 7.19. The van der Waals surface area contributed by atoms with Crippen molar-refractivity contribution in [2.24, 2.45) is 0 Å². The summed E-state index contributed by atoms with van der Waals surface area (Å²) >= 11 is 0. The van der Waals surface area contributed by atoms with Crippen molar-refractivity contribution < 1.29 is 14.3 Å². The average Bonchev–Trinajstić information content (AvgIpc) is 2.64. The molecular formula is C20H28N2O3. The van der Waals surface area contributed by atoms with Crippen molar-refractivity contribution >= 4 is 17.9 Å². The van der Waals surface area contributed by atoms with Crippen LogP contribution in [0.5, 0.6) is 0 Å². The van der Waals surface area contributed by atoms with Crippen molar-refractivity contribution in [3.63, 3.8) is 0 Å². The van der Waals surface area contributed by atoms with Gasteiger partial charge in [0.05, 0.1) is 6.10 Å². The van der Waals surface area contributed by atoms with E-state index in [2.05, 4.69) is 0 Å². The Morgan fingerprint density at radius 3 is 2.48 bits per heavy atom. The molecule has 1 unspecified atom stereocenters. The summed E-state index contributed by atoms with van der Waals surface area (Å²) in [6, 6.07) is 7.24. The lowest BCUT2D eigenvalue weighted by molar-refractivity contribution is -0.125. The van der Waals surface area contributed by atoms with Gasteiger partial charge in [-0.05, 0) is 49.5 Å². The lowest BCUT2D eigenvalue weighted by Gasteiger charge is -2.24. The maximum atomic E-state index is 12.2. The summed E-state index contributed by atoms with van der Waals surface area (Å²) < 4.78 is 5.70. The summed E-state index contributed by atoms with van der Waals surface area (Å²) in [5.41, 5.74) is 1.53. The van der Waals surface area contributed by atoms with Gasteiger partial charge < -0.3 is 14.5 Å². The van der Waals surface area contributed by atoms with Gasteiger partial charge in [0, 0.05) is 45.9 Å². The Morgan fingerprint density at radius 1 is 1.16 bits per heavy atom. The minimum absolute atomic E-state index is 0.0238. The second-order valence-corrected chi connectivity index (χ2v) is 6.69. The number of ether oxygens (including phenoxy) is 1. The zero-order valence-electron chi connectivity index (χ0n) is 15.4. The first-order chi connectivity index (χ1) is 12.0. The normalized spacial score (nSPS) is 17.5. The zero-order valence-corrected chi connectivity index (χ0v) is 15.4. The van der Waals surface area contributed by atoms with Crippen LogP contribution < -0.4 is 0 Å². The number of rotatable bonds is 6. The molecule has 5 nitrogen and oxygen atoms in total. The first-order valence-electron chi connectivity index (χ1n) is 8.84. The van der Waals surface area contributed by atoms with Crippen molar-refractivity contribution in [1.82, 2.24) is 9.80 Å². The predicted octanol–water partition coefficient (Wildman–Crippen LogP) is 2.82. The minimum Gasteiger partial charge on any atom is -0.378 e. The molecule has 0 bridgehead atoms. The van der Waals surface area contributed by atoms with E-state index < -0.39 is 0 Å². The SMILES string of the molecule is CN(C)C(=O)c1ccc(/C=C/C(=O)N(C)CCC2CCCCO2)cc1. The summed E-state index contributed by atoms with van der Waals surface area (Å²) in [5.74, 6) is -0.0551. The molecule has 0 aliphatic carbocycles. The Bertz CT molecular complexity index is 602. The highest BCUT2D eigenvalue weighted by Crippen LogP contribution is 2.16. The van der Waals surface area contributed by atoms with Crippen LogP contribution in [-0.4, -0.2) is 62.0 Å². The molecule has 1 aliphatic heterocycles. The number of benzene rings is 1. The van der Waals surface area contributed by atoms with Crippen LogP contribution in [0.25, 0.3) is 6.08 Å². The van der Waals surface area contributed by atoms with Crippen molar-refractivity contribution in [3.05, 3.63) is 41.5 Å². The maximum Gasteiger partial charge on any atom is 0.253 e. The molecule has 1 saturated heterocycles. The summed E-state index contributed by atoms with van der Waals surface area (Å²) in [7, 11) is 5.26. The number of nitrogens with zero attached hydrogens (tertiary/aromatic N) is 2. The van der Waals surface area contributed by atoms with Crippen molar-refractivity contribution in [1.29, 1.82) is 0 Å². The predicted molar refractivity (Wildman–Crippen MR) is 99.3 cm³/mol. The van der Waals surface area contributed by atoms with E-state index >= 15 is 0 Å². The first-order valence-corrected chi connectivity index (χ1v) is 8.84. The second-order valence-electron chi connectivity index (χ2n) is 6.69. The Morgan fingerprint density at radius 2 is 1.88 bits per heavy atom. The minimum atomic E-state index is -0.0312. The van der Waals surface area contributed by atoms with E-state index in [4.69, 9.17) is 4.74 Å². The van der Waals surface area contributed by atoms with Gasteiger partial charge in [-0.1, -0.05) is 12.1 Å². The first kappa shape index (κ1) is 19.2. The Hall–Kier alpha value is -2.14. The third-order valence-electron chi connectivity index (χ3n) is 4.42. The third kappa shape index (κ3) is 6.02. The second kappa shape index (κ2) is 9.37. The van der Waals surface area contributed by atoms with Crippen LogP contribution in [-0.2, 0) is 9.53 Å². The Balaban J connectivity index is 1.83. The molecule has 2 amide bonds. The summed E-state index contributed by atoms with van der Waals surface area (Å²) in [4.78, 5) is 27.3. The topological polar surface area (TPSA) is 49.9 Å². The number of carbonyl (C=O) groups excluding carboxylic acids is 2. The lowest BCUT2D eigenvalue weighted by Crippen LogP contribution is -2.30. The van der Waals surface area contributed by atoms with Gasteiger partial charge in [-0.15, -0.1) is 0 Å². The number of amides is 2. The van der Waals surface area contributed by atoms with Gasteiger partial charge in [-0.3, -0.25) is 9.59 Å². The van der Waals surface area contributed by atoms with Crippen molar-refractivity contribution in [3.8, 4) is 0 Å². The van der Waals surface area contributed by atoms with Gasteiger partial charge in [0.25, 0.3) is 5.91 Å². The molecule has 5 heteroatoms. The monoisotopic (exact) mass is 344 g/mol. The molecule has 25 heavy (non-hydrogen) atoms. The number of carbonyl (C=O) groups is 2. The number of hydrogen-bond donors (Lipinski definition) is 0. The van der Waals surface area contributed by atoms with Crippen LogP contribution in [0.3, 0.4) is 0 Å². The van der Waals surface area contributed by atoms with Gasteiger partial charge in [-0.2, -0.15) is 0 Å². The fraction of sp³-hybridized carbons (Fsp3) is 0.500. The molecule has 1 aromatic carbocycles. The molecule has 1 aromatic rings. The molecule has 0 N–H and O–H groups in total. The molecule has 1 fully saturated rings. The van der Waals surface area contributed by atoms with Gasteiger partial charge in [0.15, 0.2) is 0 Å². The van der Waals surface area contributed by atoms with Crippen LogP contribution in [0.2, 0.25) is 0 Å². The summed E-state index contributed by atoms with van der Waals surface area (Å²) in [6.45, 7) is 1.54. The molecule has 0 radical (unpaired) electrons. The van der Waals surface area contributed by atoms with Gasteiger partial charge in [-0.25, -0.2) is 0 Å². The van der Waals surface area contributed by atoms with Crippen LogP contribution in [0.1, 0.15) is 41.6 Å². The van der Waals surface area contributed by atoms with Gasteiger partial charge >= 0.3 is 0 Å². The fourth-order valence-corrected chi connectivity index (χ4v) is 2.77. The Labute approximate surface area is 150 Å². The molecule has 136 valence electrons. The third-order valence-corrected chi connectivity index (χ3v) is 4.42. The molecule has 0 aromatic heterocycles. The largest absolute Gasteiger partial charge is 0.378 e. The summed E-state index contributed by atoms with van der Waals surface area (Å²) in [6.07, 6.45) is 7.98. The standard InChI is InChI=1S/C20H28N2O3/c1-21(2)20(24)17-10-7-16(8-11-17)9-12-19(23)22(3)14-13-18-6-4-5-15-25-18/h7-12,18H,4-6,13-15H2,1-3H3/b12-9+. The molecule has 1 atom stereocenters. The van der Waals surface area contributed by atoms with Crippen LogP contribution in [0.15, 0.2) is 30.3 Å². The lowest BCUT2D eigenvalue weighted by atomic mass is 10.1. The maximum absolute atomic E-state index is 12.2. The number of likely N-dealkylation sites (N-methyl/N-ethyl adjacent to an activating group) is 1. The molecular weight excluding hydrogens is 316 g/mol. The smallest absolute Gasteiger partial charge is 0.253 e. The van der Waals surface area contributed by atoms with E-state index in [0.717, 1.165) is 31.4 Å². The van der Waals surface area contributed by atoms with Crippen LogP contribution in [0.4, 0.5) is 0 Å². The number of hydrogen-bond acceptors (Lipinski definition) is 3. The highest BCUT2D eigenvalue weighted by atomic mass is 16.5.